The Labute approximate surface area is 118 Å². The molecule has 1 aromatic carbocycles. The summed E-state index contributed by atoms with van der Waals surface area (Å²) >= 11 is 0. The molecule has 0 unspecified atom stereocenters. The van der Waals surface area contributed by atoms with Crippen molar-refractivity contribution in [2.24, 2.45) is 0 Å². The number of hydrogen-bond donors (Lipinski definition) is 2. The fourth-order valence-corrected chi connectivity index (χ4v) is 1.89. The third-order valence-electron chi connectivity index (χ3n) is 2.91. The molecule has 0 saturated carbocycles. The largest absolute Gasteiger partial charge is 0.385 e. The van der Waals surface area contributed by atoms with Crippen LogP contribution >= 0.6 is 0 Å². The molecule has 5 heteroatoms. The molecule has 20 heavy (non-hydrogen) atoms. The van der Waals surface area contributed by atoms with Crippen LogP contribution in [0, 0.1) is 6.92 Å². The highest BCUT2D eigenvalue weighted by atomic mass is 16.1. The van der Waals surface area contributed by atoms with E-state index in [2.05, 4.69) is 20.8 Å². The van der Waals surface area contributed by atoms with Crippen LogP contribution in [-0.2, 0) is 6.54 Å². The van der Waals surface area contributed by atoms with Crippen LogP contribution in [-0.4, -0.2) is 22.6 Å². The first kappa shape index (κ1) is 14.0. The van der Waals surface area contributed by atoms with E-state index in [9.17, 15) is 4.79 Å². The normalized spacial score (nSPS) is 10.1. The lowest BCUT2D eigenvalue weighted by Gasteiger charge is -2.10. The SMILES string of the molecule is CCNc1ccc(C(=O)NCc2cccnn2)cc1C. The topological polar surface area (TPSA) is 66.9 Å². The zero-order valence-corrected chi connectivity index (χ0v) is 11.7. The van der Waals surface area contributed by atoms with Gasteiger partial charge in [0.15, 0.2) is 0 Å². The van der Waals surface area contributed by atoms with Crippen molar-refractivity contribution in [3.8, 4) is 0 Å². The maximum absolute atomic E-state index is 12.1. The number of hydrogen-bond acceptors (Lipinski definition) is 4. The van der Waals surface area contributed by atoms with Gasteiger partial charge in [-0.2, -0.15) is 10.2 Å². The number of amides is 1. The van der Waals surface area contributed by atoms with E-state index in [1.165, 1.54) is 0 Å². The van der Waals surface area contributed by atoms with Crippen molar-refractivity contribution in [3.05, 3.63) is 53.3 Å². The summed E-state index contributed by atoms with van der Waals surface area (Å²) in [6.45, 7) is 5.26. The van der Waals surface area contributed by atoms with Crippen LogP contribution in [0.5, 0.6) is 0 Å². The molecule has 2 rings (SSSR count). The molecule has 2 aromatic rings. The summed E-state index contributed by atoms with van der Waals surface area (Å²) in [5, 5.41) is 13.8. The Hall–Kier alpha value is -2.43. The molecule has 0 spiro atoms. The molecule has 0 fully saturated rings. The van der Waals surface area contributed by atoms with Gasteiger partial charge in [0.25, 0.3) is 5.91 Å². The summed E-state index contributed by atoms with van der Waals surface area (Å²) in [6, 6.07) is 9.24. The van der Waals surface area contributed by atoms with Crippen LogP contribution in [0.15, 0.2) is 36.5 Å². The van der Waals surface area contributed by atoms with Crippen molar-refractivity contribution in [2.45, 2.75) is 20.4 Å². The fraction of sp³-hybridized carbons (Fsp3) is 0.267. The van der Waals surface area contributed by atoms with Gasteiger partial charge in [0, 0.05) is 24.0 Å². The Kier molecular flexibility index (Phi) is 4.65. The number of carbonyl (C=O) groups is 1. The van der Waals surface area contributed by atoms with Gasteiger partial charge in [-0.3, -0.25) is 4.79 Å². The Morgan fingerprint density at radius 1 is 1.30 bits per heavy atom. The first-order chi connectivity index (χ1) is 9.70. The van der Waals surface area contributed by atoms with Crippen LogP contribution in [0.3, 0.4) is 0 Å². The molecule has 2 N–H and O–H groups in total. The van der Waals surface area contributed by atoms with Gasteiger partial charge in [-0.05, 0) is 49.7 Å². The van der Waals surface area contributed by atoms with E-state index in [0.717, 1.165) is 23.5 Å². The van der Waals surface area contributed by atoms with Crippen LogP contribution in [0.1, 0.15) is 28.5 Å². The molecule has 0 saturated heterocycles. The van der Waals surface area contributed by atoms with Crippen LogP contribution in [0.2, 0.25) is 0 Å². The predicted molar refractivity (Wildman–Crippen MR) is 78.5 cm³/mol. The van der Waals surface area contributed by atoms with Gasteiger partial charge in [-0.1, -0.05) is 0 Å². The molecule has 1 aromatic heterocycles. The van der Waals surface area contributed by atoms with Gasteiger partial charge >= 0.3 is 0 Å². The molecule has 5 nitrogen and oxygen atoms in total. The lowest BCUT2D eigenvalue weighted by Crippen LogP contribution is -2.23. The highest BCUT2D eigenvalue weighted by molar-refractivity contribution is 5.94. The lowest BCUT2D eigenvalue weighted by molar-refractivity contribution is 0.0950. The Morgan fingerprint density at radius 2 is 2.15 bits per heavy atom. The molecule has 0 radical (unpaired) electrons. The van der Waals surface area contributed by atoms with Crippen molar-refractivity contribution < 1.29 is 4.79 Å². The van der Waals surface area contributed by atoms with Crippen LogP contribution < -0.4 is 10.6 Å². The third-order valence-corrected chi connectivity index (χ3v) is 2.91. The number of aromatic nitrogens is 2. The second-order valence-corrected chi connectivity index (χ2v) is 4.46. The van der Waals surface area contributed by atoms with Gasteiger partial charge < -0.3 is 10.6 Å². The first-order valence-electron chi connectivity index (χ1n) is 6.60. The van der Waals surface area contributed by atoms with Gasteiger partial charge in [0.05, 0.1) is 12.2 Å². The second kappa shape index (κ2) is 6.65. The Balaban J connectivity index is 2.00. The molecule has 0 bridgehead atoms. The molecule has 0 aliphatic heterocycles. The monoisotopic (exact) mass is 270 g/mol. The van der Waals surface area contributed by atoms with E-state index < -0.39 is 0 Å². The van der Waals surface area contributed by atoms with Crippen molar-refractivity contribution >= 4 is 11.6 Å². The Morgan fingerprint density at radius 3 is 2.80 bits per heavy atom. The van der Waals surface area contributed by atoms with E-state index in [1.807, 2.05) is 38.1 Å². The summed E-state index contributed by atoms with van der Waals surface area (Å²) in [7, 11) is 0. The molecule has 0 aliphatic rings. The number of carbonyl (C=O) groups excluding carboxylic acids is 1. The minimum Gasteiger partial charge on any atom is -0.385 e. The zero-order valence-electron chi connectivity index (χ0n) is 11.7. The highest BCUT2D eigenvalue weighted by Crippen LogP contribution is 2.16. The van der Waals surface area contributed by atoms with Crippen LogP contribution in [0.4, 0.5) is 5.69 Å². The number of rotatable bonds is 5. The van der Waals surface area contributed by atoms with Gasteiger partial charge in [-0.25, -0.2) is 0 Å². The van der Waals surface area contributed by atoms with E-state index in [1.54, 1.807) is 12.3 Å². The third kappa shape index (κ3) is 3.54. The molecule has 1 heterocycles. The molecule has 1 amide bonds. The Bertz CT molecular complexity index is 584. The van der Waals surface area contributed by atoms with Crippen molar-refractivity contribution in [1.82, 2.24) is 15.5 Å². The van der Waals surface area contributed by atoms with E-state index in [0.29, 0.717) is 12.1 Å². The van der Waals surface area contributed by atoms with Crippen molar-refractivity contribution in [2.75, 3.05) is 11.9 Å². The summed E-state index contributed by atoms with van der Waals surface area (Å²) in [6.07, 6.45) is 1.61. The quantitative estimate of drug-likeness (QED) is 0.873. The molecular formula is C15H18N4O. The number of anilines is 1. The van der Waals surface area contributed by atoms with Gasteiger partial charge in [0.1, 0.15) is 0 Å². The van der Waals surface area contributed by atoms with Crippen molar-refractivity contribution in [1.29, 1.82) is 0 Å². The molecule has 104 valence electrons. The van der Waals surface area contributed by atoms with Gasteiger partial charge in [0.2, 0.25) is 0 Å². The number of aryl methyl sites for hydroxylation is 1. The lowest BCUT2D eigenvalue weighted by atomic mass is 10.1. The van der Waals surface area contributed by atoms with Gasteiger partial charge in [-0.15, -0.1) is 0 Å². The molecule has 0 aliphatic carbocycles. The number of benzene rings is 1. The second-order valence-electron chi connectivity index (χ2n) is 4.46. The maximum atomic E-state index is 12.1. The smallest absolute Gasteiger partial charge is 0.251 e. The number of nitrogens with zero attached hydrogens (tertiary/aromatic N) is 2. The molecule has 0 atom stereocenters. The predicted octanol–water partition coefficient (Wildman–Crippen LogP) is 2.15. The minimum absolute atomic E-state index is 0.109. The summed E-state index contributed by atoms with van der Waals surface area (Å²) < 4.78 is 0. The molecular weight excluding hydrogens is 252 g/mol. The zero-order chi connectivity index (χ0) is 14.4. The first-order valence-corrected chi connectivity index (χ1v) is 6.60. The van der Waals surface area contributed by atoms with Crippen LogP contribution in [0.25, 0.3) is 0 Å². The summed E-state index contributed by atoms with van der Waals surface area (Å²) in [5.41, 5.74) is 3.49. The van der Waals surface area contributed by atoms with Crippen molar-refractivity contribution in [3.63, 3.8) is 0 Å². The average molecular weight is 270 g/mol. The maximum Gasteiger partial charge on any atom is 0.251 e. The van der Waals surface area contributed by atoms with E-state index in [4.69, 9.17) is 0 Å². The van der Waals surface area contributed by atoms with E-state index in [-0.39, 0.29) is 5.91 Å². The number of nitrogens with one attached hydrogen (secondary N) is 2. The standard InChI is InChI=1S/C15H18N4O/c1-3-16-14-7-6-12(9-11(14)2)15(20)17-10-13-5-4-8-18-19-13/h4-9,16H,3,10H2,1-2H3,(H,17,20). The minimum atomic E-state index is -0.109. The summed E-state index contributed by atoms with van der Waals surface area (Å²) in [5.74, 6) is -0.109. The highest BCUT2D eigenvalue weighted by Gasteiger charge is 2.07. The van der Waals surface area contributed by atoms with E-state index >= 15 is 0 Å². The fourth-order valence-electron chi connectivity index (χ4n) is 1.89. The summed E-state index contributed by atoms with van der Waals surface area (Å²) in [4.78, 5) is 12.1. The average Bonchev–Trinajstić information content (AvgIpc) is 2.48.